The molecule has 0 heterocycles. The molecule has 6 nitrogen and oxygen atoms in total. The Labute approximate surface area is 457 Å². The van der Waals surface area contributed by atoms with Crippen LogP contribution in [-0.4, -0.2) is 28.3 Å². The van der Waals surface area contributed by atoms with E-state index >= 15 is 0 Å². The zero-order valence-electron chi connectivity index (χ0n) is 44.2. The van der Waals surface area contributed by atoms with Crippen LogP contribution in [0.5, 0.6) is 11.5 Å². The summed E-state index contributed by atoms with van der Waals surface area (Å²) in [6.45, 7) is 0. The van der Waals surface area contributed by atoms with E-state index in [-0.39, 0.29) is 0 Å². The largest absolute Gasteiger partial charge is 0.497 e. The lowest BCUT2D eigenvalue weighted by Crippen LogP contribution is -2.12. The highest BCUT2D eigenvalue weighted by atomic mass is 16.5. The Bertz CT molecular complexity index is 4020. The summed E-state index contributed by atoms with van der Waals surface area (Å²) in [4.78, 5) is 9.10. The first-order valence-corrected chi connectivity index (χ1v) is 26.3. The zero-order valence-corrected chi connectivity index (χ0v) is 44.2. The van der Waals surface area contributed by atoms with Crippen molar-refractivity contribution in [2.45, 2.75) is 0 Å². The monoisotopic (exact) mass is 1010 g/mol. The fourth-order valence-electron chi connectivity index (χ4n) is 10.5. The molecule has 0 aliphatic rings. The van der Waals surface area contributed by atoms with E-state index in [0.29, 0.717) is 0 Å². The highest BCUT2D eigenvalue weighted by molar-refractivity contribution is 5.97. The lowest BCUT2D eigenvalue weighted by atomic mass is 9.92. The Morgan fingerprint density at radius 1 is 0.231 bits per heavy atom. The van der Waals surface area contributed by atoms with Crippen molar-refractivity contribution in [1.29, 1.82) is 0 Å². The van der Waals surface area contributed by atoms with E-state index < -0.39 is 0 Å². The summed E-state index contributed by atoms with van der Waals surface area (Å²) in [6.07, 6.45) is 0. The van der Waals surface area contributed by atoms with Crippen LogP contribution in [0.2, 0.25) is 0 Å². The second-order valence-electron chi connectivity index (χ2n) is 19.5. The third kappa shape index (κ3) is 9.98. The number of benzene rings is 12. The second kappa shape index (κ2) is 21.7. The molecule has 0 saturated carbocycles. The molecule has 0 aliphatic carbocycles. The lowest BCUT2D eigenvalue weighted by molar-refractivity contribution is 0.415. The number of fused-ring (bicyclic) bond motifs is 2. The van der Waals surface area contributed by atoms with E-state index in [1.807, 2.05) is 24.3 Å². The molecule has 0 unspecified atom stereocenters. The van der Waals surface area contributed by atoms with E-state index in [9.17, 15) is 0 Å². The molecule has 0 amide bonds. The SMILES string of the molecule is COc1ccc(N(C)c2ccc(N(c3ccc(-c4ccccc4)cc3)c3ccc4cc(-c5cc(N(c6ccc(N(C)c7cccc(OC)c7)cc6)c6ccc7ccccc7c6)ccc5-c5ccccc5)ccc4c3)cc2)cc1. The minimum absolute atomic E-state index is 0.824. The van der Waals surface area contributed by atoms with Crippen molar-refractivity contribution in [3.05, 3.63) is 279 Å². The van der Waals surface area contributed by atoms with Crippen molar-refractivity contribution < 1.29 is 9.47 Å². The van der Waals surface area contributed by atoms with Gasteiger partial charge in [0.15, 0.2) is 0 Å². The molecular weight excluding hydrogens is 953 g/mol. The van der Waals surface area contributed by atoms with Crippen LogP contribution in [0.1, 0.15) is 0 Å². The van der Waals surface area contributed by atoms with Crippen LogP contribution < -0.4 is 29.1 Å². The van der Waals surface area contributed by atoms with Crippen LogP contribution in [-0.2, 0) is 0 Å². The molecule has 78 heavy (non-hydrogen) atoms. The van der Waals surface area contributed by atoms with Crippen molar-refractivity contribution in [3.63, 3.8) is 0 Å². The number of rotatable bonds is 15. The second-order valence-corrected chi connectivity index (χ2v) is 19.5. The van der Waals surface area contributed by atoms with E-state index in [0.717, 1.165) is 101 Å². The molecular formula is C72H58N4O2. The third-order valence-corrected chi connectivity index (χ3v) is 14.9. The Morgan fingerprint density at radius 3 is 1.26 bits per heavy atom. The predicted molar refractivity (Wildman–Crippen MR) is 329 cm³/mol. The summed E-state index contributed by atoms with van der Waals surface area (Å²) in [5, 5.41) is 4.68. The molecule has 0 spiro atoms. The maximum Gasteiger partial charge on any atom is 0.120 e. The minimum atomic E-state index is 0.824. The first-order chi connectivity index (χ1) is 38.4. The molecule has 0 radical (unpaired) electrons. The van der Waals surface area contributed by atoms with Crippen LogP contribution in [0.3, 0.4) is 0 Å². The highest BCUT2D eigenvalue weighted by Crippen LogP contribution is 2.44. The van der Waals surface area contributed by atoms with E-state index in [1.165, 1.54) is 21.9 Å². The molecule has 12 aromatic rings. The van der Waals surface area contributed by atoms with Gasteiger partial charge in [-0.15, -0.1) is 0 Å². The summed E-state index contributed by atoms with van der Waals surface area (Å²) in [5.41, 5.74) is 17.6. The smallest absolute Gasteiger partial charge is 0.120 e. The van der Waals surface area contributed by atoms with Gasteiger partial charge in [-0.1, -0.05) is 133 Å². The Kier molecular flexibility index (Phi) is 13.6. The van der Waals surface area contributed by atoms with Gasteiger partial charge in [-0.25, -0.2) is 0 Å². The quantitative estimate of drug-likeness (QED) is 0.102. The van der Waals surface area contributed by atoms with Crippen molar-refractivity contribution in [2.75, 3.05) is 47.9 Å². The summed E-state index contributed by atoms with van der Waals surface area (Å²) < 4.78 is 11.0. The number of hydrogen-bond donors (Lipinski definition) is 0. The summed E-state index contributed by atoms with van der Waals surface area (Å²) in [5.74, 6) is 1.66. The molecule has 12 aromatic carbocycles. The fraction of sp³-hybridized carbons (Fsp3) is 0.0556. The number of anilines is 10. The highest BCUT2D eigenvalue weighted by Gasteiger charge is 2.20. The maximum atomic E-state index is 5.56. The topological polar surface area (TPSA) is 31.4 Å². The molecule has 0 atom stereocenters. The van der Waals surface area contributed by atoms with Gasteiger partial charge >= 0.3 is 0 Å². The first-order valence-electron chi connectivity index (χ1n) is 26.3. The van der Waals surface area contributed by atoms with Gasteiger partial charge in [0.25, 0.3) is 0 Å². The molecule has 12 rings (SSSR count). The molecule has 6 heteroatoms. The predicted octanol–water partition coefficient (Wildman–Crippen LogP) is 19.5. The number of nitrogens with zero attached hydrogens (tertiary/aromatic N) is 4. The summed E-state index contributed by atoms with van der Waals surface area (Å²) >= 11 is 0. The van der Waals surface area contributed by atoms with Crippen LogP contribution in [0, 0.1) is 0 Å². The van der Waals surface area contributed by atoms with Crippen molar-refractivity contribution >= 4 is 78.4 Å². The van der Waals surface area contributed by atoms with Crippen molar-refractivity contribution in [2.24, 2.45) is 0 Å². The first kappa shape index (κ1) is 48.9. The number of ether oxygens (including phenoxy) is 2. The minimum Gasteiger partial charge on any atom is -0.497 e. The van der Waals surface area contributed by atoms with Crippen LogP contribution in [0.4, 0.5) is 56.9 Å². The van der Waals surface area contributed by atoms with Gasteiger partial charge in [0.2, 0.25) is 0 Å². The van der Waals surface area contributed by atoms with Gasteiger partial charge in [0.1, 0.15) is 11.5 Å². The molecule has 0 aromatic heterocycles. The van der Waals surface area contributed by atoms with Crippen molar-refractivity contribution in [3.8, 4) is 44.9 Å². The Morgan fingerprint density at radius 2 is 0.641 bits per heavy atom. The molecule has 378 valence electrons. The Balaban J connectivity index is 0.934. The van der Waals surface area contributed by atoms with Crippen LogP contribution in [0.25, 0.3) is 54.9 Å². The summed E-state index contributed by atoms with van der Waals surface area (Å²) in [7, 11) is 7.58. The maximum absolute atomic E-state index is 5.56. The van der Waals surface area contributed by atoms with Crippen molar-refractivity contribution in [1.82, 2.24) is 0 Å². The van der Waals surface area contributed by atoms with Gasteiger partial charge in [0, 0.05) is 77.0 Å². The Hall–Kier alpha value is -10.0. The average Bonchev–Trinajstić information content (AvgIpc) is 3.60. The van der Waals surface area contributed by atoms with Gasteiger partial charge in [-0.3, -0.25) is 0 Å². The van der Waals surface area contributed by atoms with Gasteiger partial charge < -0.3 is 29.1 Å². The summed E-state index contributed by atoms with van der Waals surface area (Å²) in [6, 6.07) is 100. The van der Waals surface area contributed by atoms with E-state index in [4.69, 9.17) is 9.47 Å². The van der Waals surface area contributed by atoms with Gasteiger partial charge in [0.05, 0.1) is 14.2 Å². The molecule has 0 N–H and O–H groups in total. The third-order valence-electron chi connectivity index (χ3n) is 14.9. The normalized spacial score (nSPS) is 11.1. The standard InChI is InChI=1S/C72H58N4O2/c1-73(61-40-43-69(77-3)44-41-61)59-32-36-63(37-33-59)75(62-28-24-53(25-29-62)51-14-7-5-8-15-51)66-31-27-56-46-58(23-22-57(56)48-66)72-50-68(42-45-71(72)54-17-9-6-10-18-54)76(67-30-26-52-16-11-12-19-55(52)47-67)64-38-34-60(35-39-64)74(2)65-20-13-21-70(49-65)78-4/h5-50H,1-4H3. The molecule has 0 aliphatic heterocycles. The van der Waals surface area contributed by atoms with E-state index in [2.05, 4.69) is 288 Å². The number of methoxy groups -OCH3 is 2. The lowest BCUT2D eigenvalue weighted by Gasteiger charge is -2.28. The molecule has 0 fully saturated rings. The average molecular weight is 1010 g/mol. The van der Waals surface area contributed by atoms with Gasteiger partial charge in [-0.2, -0.15) is 0 Å². The van der Waals surface area contributed by atoms with Gasteiger partial charge in [-0.05, 0) is 194 Å². The zero-order chi connectivity index (χ0) is 53.0. The number of hydrogen-bond acceptors (Lipinski definition) is 6. The fourth-order valence-corrected chi connectivity index (χ4v) is 10.5. The van der Waals surface area contributed by atoms with Crippen LogP contribution >= 0.6 is 0 Å². The molecule has 0 saturated heterocycles. The van der Waals surface area contributed by atoms with Crippen LogP contribution in [0.15, 0.2) is 279 Å². The van der Waals surface area contributed by atoms with E-state index in [1.54, 1.807) is 14.2 Å². The molecule has 0 bridgehead atoms.